The highest BCUT2D eigenvalue weighted by Gasteiger charge is 1.97. The highest BCUT2D eigenvalue weighted by molar-refractivity contribution is 9.10. The second-order valence-corrected chi connectivity index (χ2v) is 2.94. The molecule has 0 saturated heterocycles. The fourth-order valence-electron chi connectivity index (χ4n) is 0.597. The summed E-state index contributed by atoms with van der Waals surface area (Å²) >= 11 is 7.71. The van der Waals surface area contributed by atoms with Gasteiger partial charge in [0.15, 0.2) is 0 Å². The highest BCUT2D eigenvalue weighted by atomic mass is 79.9. The van der Waals surface area contributed by atoms with Gasteiger partial charge in [0.05, 0.1) is 0 Å². The molecule has 0 unspecified atom stereocenters. The van der Waals surface area contributed by atoms with Crippen LogP contribution in [-0.4, -0.2) is 5.37 Å². The van der Waals surface area contributed by atoms with E-state index in [-0.39, 0.29) is 5.82 Å². The molecule has 10 heavy (non-hydrogen) atoms. The smallest absolute Gasteiger partial charge is 0.132 e. The van der Waals surface area contributed by atoms with Gasteiger partial charge in [-0.05, 0) is 12.1 Å². The summed E-state index contributed by atoms with van der Waals surface area (Å²) in [4.78, 5) is 0. The van der Waals surface area contributed by atoms with Crippen molar-refractivity contribution in [3.05, 3.63) is 34.1 Å². The summed E-state index contributed by atoms with van der Waals surface area (Å²) in [5.74, 6) is -0.288. The molecule has 0 bridgehead atoms. The Labute approximate surface area is 72.2 Å². The monoisotopic (exact) mass is 218 g/mol. The number of halogens is 2. The van der Waals surface area contributed by atoms with Crippen LogP contribution >= 0.6 is 28.1 Å². The summed E-state index contributed by atoms with van der Waals surface area (Å²) in [6.07, 6.45) is 0. The fourth-order valence-corrected chi connectivity index (χ4v) is 1.12. The van der Waals surface area contributed by atoms with E-state index in [0.717, 1.165) is 4.47 Å². The molecule has 0 amide bonds. The minimum absolute atomic E-state index is 0.288. The summed E-state index contributed by atoms with van der Waals surface area (Å²) in [7, 11) is 0. The van der Waals surface area contributed by atoms with E-state index in [1.54, 1.807) is 12.1 Å². The summed E-state index contributed by atoms with van der Waals surface area (Å²) < 4.78 is 13.5. The Morgan fingerprint density at radius 3 is 2.70 bits per heavy atom. The SMILES string of the molecule is Fc1cc(Br)ccc1C=S. The van der Waals surface area contributed by atoms with Crippen molar-refractivity contribution >= 4 is 33.5 Å². The molecule has 0 atom stereocenters. The standard InChI is InChI=1S/C7H4BrFS/c8-6-2-1-5(4-10)7(9)3-6/h1-4H. The maximum Gasteiger partial charge on any atom is 0.132 e. The van der Waals surface area contributed by atoms with Crippen LogP contribution in [-0.2, 0) is 0 Å². The van der Waals surface area contributed by atoms with Crippen molar-refractivity contribution in [3.63, 3.8) is 0 Å². The Morgan fingerprint density at radius 2 is 2.20 bits per heavy atom. The van der Waals surface area contributed by atoms with Crippen LogP contribution in [0.5, 0.6) is 0 Å². The third-order valence-corrected chi connectivity index (χ3v) is 1.84. The Morgan fingerprint density at radius 1 is 1.50 bits per heavy atom. The van der Waals surface area contributed by atoms with Gasteiger partial charge in [0.2, 0.25) is 0 Å². The number of benzene rings is 1. The molecular weight excluding hydrogens is 215 g/mol. The first-order valence-corrected chi connectivity index (χ1v) is 3.90. The summed E-state index contributed by atoms with van der Waals surface area (Å²) in [5, 5.41) is 1.32. The largest absolute Gasteiger partial charge is 0.206 e. The van der Waals surface area contributed by atoms with Crippen LogP contribution < -0.4 is 0 Å². The minimum atomic E-state index is -0.288. The van der Waals surface area contributed by atoms with Crippen LogP contribution in [0.15, 0.2) is 22.7 Å². The maximum atomic E-state index is 12.7. The minimum Gasteiger partial charge on any atom is -0.206 e. The predicted molar refractivity (Wildman–Crippen MR) is 46.9 cm³/mol. The molecule has 0 nitrogen and oxygen atoms in total. The van der Waals surface area contributed by atoms with Crippen molar-refractivity contribution in [3.8, 4) is 0 Å². The molecular formula is C7H4BrFS. The quantitative estimate of drug-likeness (QED) is 0.654. The van der Waals surface area contributed by atoms with Crippen LogP contribution in [0.25, 0.3) is 0 Å². The lowest BCUT2D eigenvalue weighted by atomic mass is 10.2. The average Bonchev–Trinajstić information content (AvgIpc) is 1.88. The summed E-state index contributed by atoms with van der Waals surface area (Å²) in [6, 6.07) is 4.77. The molecule has 1 aromatic carbocycles. The molecule has 0 aliphatic carbocycles. The van der Waals surface area contributed by atoms with Crippen molar-refractivity contribution in [1.82, 2.24) is 0 Å². The van der Waals surface area contributed by atoms with Gasteiger partial charge in [-0.2, -0.15) is 0 Å². The normalized spacial score (nSPS) is 9.40. The van der Waals surface area contributed by atoms with Crippen LogP contribution in [0.3, 0.4) is 0 Å². The molecule has 1 rings (SSSR count). The average molecular weight is 219 g/mol. The van der Waals surface area contributed by atoms with E-state index in [9.17, 15) is 4.39 Å². The maximum absolute atomic E-state index is 12.7. The van der Waals surface area contributed by atoms with Gasteiger partial charge in [-0.15, -0.1) is 0 Å². The molecule has 0 heterocycles. The second-order valence-electron chi connectivity index (χ2n) is 1.78. The van der Waals surface area contributed by atoms with Gasteiger partial charge >= 0.3 is 0 Å². The molecule has 0 saturated carbocycles. The first-order valence-electron chi connectivity index (χ1n) is 2.64. The molecule has 0 aliphatic heterocycles. The number of rotatable bonds is 1. The lowest BCUT2D eigenvalue weighted by Crippen LogP contribution is -1.84. The van der Waals surface area contributed by atoms with E-state index in [2.05, 4.69) is 28.1 Å². The van der Waals surface area contributed by atoms with Crippen molar-refractivity contribution < 1.29 is 4.39 Å². The molecule has 0 aliphatic rings. The summed E-state index contributed by atoms with van der Waals surface area (Å²) in [6.45, 7) is 0. The van der Waals surface area contributed by atoms with E-state index in [1.807, 2.05) is 0 Å². The zero-order valence-corrected chi connectivity index (χ0v) is 7.38. The topological polar surface area (TPSA) is 0 Å². The Bertz CT molecular complexity index is 260. The lowest BCUT2D eigenvalue weighted by Gasteiger charge is -1.94. The van der Waals surface area contributed by atoms with Crippen molar-refractivity contribution in [1.29, 1.82) is 0 Å². The van der Waals surface area contributed by atoms with Gasteiger partial charge in [-0.25, -0.2) is 4.39 Å². The molecule has 52 valence electrons. The molecule has 1 aromatic rings. The Kier molecular flexibility index (Phi) is 2.51. The second kappa shape index (κ2) is 3.21. The molecule has 0 aromatic heterocycles. The molecule has 0 radical (unpaired) electrons. The van der Waals surface area contributed by atoms with Crippen molar-refractivity contribution in [2.75, 3.05) is 0 Å². The first kappa shape index (κ1) is 7.82. The van der Waals surface area contributed by atoms with E-state index in [0.29, 0.717) is 5.56 Å². The van der Waals surface area contributed by atoms with Gasteiger partial charge in [0.25, 0.3) is 0 Å². The van der Waals surface area contributed by atoms with Crippen molar-refractivity contribution in [2.24, 2.45) is 0 Å². The highest BCUT2D eigenvalue weighted by Crippen LogP contribution is 2.13. The van der Waals surface area contributed by atoms with Crippen molar-refractivity contribution in [2.45, 2.75) is 0 Å². The van der Waals surface area contributed by atoms with Gasteiger partial charge < -0.3 is 0 Å². The van der Waals surface area contributed by atoms with E-state index < -0.39 is 0 Å². The molecule has 0 N–H and O–H groups in total. The number of hydrogen-bond acceptors (Lipinski definition) is 1. The fraction of sp³-hybridized carbons (Fsp3) is 0. The number of thiocarbonyl (C=S) groups is 1. The summed E-state index contributed by atoms with van der Waals surface area (Å²) in [5.41, 5.74) is 0.457. The number of hydrogen-bond donors (Lipinski definition) is 0. The molecule has 0 fully saturated rings. The zero-order valence-electron chi connectivity index (χ0n) is 4.97. The lowest BCUT2D eigenvalue weighted by molar-refractivity contribution is 0.625. The Hall–Kier alpha value is -0.280. The zero-order chi connectivity index (χ0) is 7.56. The van der Waals surface area contributed by atoms with E-state index >= 15 is 0 Å². The first-order chi connectivity index (χ1) is 4.74. The molecule has 0 spiro atoms. The Balaban J connectivity index is 3.19. The van der Waals surface area contributed by atoms with Crippen LogP contribution in [0.2, 0.25) is 0 Å². The van der Waals surface area contributed by atoms with E-state index in [1.165, 1.54) is 11.4 Å². The van der Waals surface area contributed by atoms with Crippen LogP contribution in [0.4, 0.5) is 4.39 Å². The third kappa shape index (κ3) is 1.61. The van der Waals surface area contributed by atoms with Gasteiger partial charge in [0.1, 0.15) is 5.82 Å². The van der Waals surface area contributed by atoms with Gasteiger partial charge in [0, 0.05) is 15.4 Å². The van der Waals surface area contributed by atoms with Gasteiger partial charge in [-0.3, -0.25) is 0 Å². The van der Waals surface area contributed by atoms with Gasteiger partial charge in [-0.1, -0.05) is 34.2 Å². The predicted octanol–water partition coefficient (Wildman–Crippen LogP) is 2.94. The molecule has 3 heteroatoms. The van der Waals surface area contributed by atoms with Crippen LogP contribution in [0, 0.1) is 5.82 Å². The van der Waals surface area contributed by atoms with E-state index in [4.69, 9.17) is 0 Å². The third-order valence-electron chi connectivity index (χ3n) is 1.09. The van der Waals surface area contributed by atoms with Crippen LogP contribution in [0.1, 0.15) is 5.56 Å².